The minimum absolute atomic E-state index is 0.502. The molecule has 0 N–H and O–H groups in total. The minimum Gasteiger partial charge on any atom is -0.261 e. The Morgan fingerprint density at radius 3 is 2.15 bits per heavy atom. The molecule has 2 nitrogen and oxygen atoms in total. The highest BCUT2D eigenvalue weighted by Crippen LogP contribution is 2.34. The van der Waals surface area contributed by atoms with Crippen molar-refractivity contribution < 1.29 is 0 Å². The van der Waals surface area contributed by atoms with Crippen molar-refractivity contribution in [1.29, 1.82) is 0 Å². The number of pyridine rings is 2. The zero-order chi connectivity index (χ0) is 19.8. The maximum atomic E-state index is 4.82. The van der Waals surface area contributed by atoms with Gasteiger partial charge in [0, 0.05) is 34.1 Å². The maximum absolute atomic E-state index is 4.82. The Balaban J connectivity index is 0.00000126. The van der Waals surface area contributed by atoms with Crippen molar-refractivity contribution in [3.63, 3.8) is 0 Å². The van der Waals surface area contributed by atoms with Gasteiger partial charge in [0.25, 0.3) is 0 Å². The molecule has 142 valence electrons. The van der Waals surface area contributed by atoms with E-state index in [9.17, 15) is 0 Å². The van der Waals surface area contributed by atoms with Crippen LogP contribution < -0.4 is 0 Å². The van der Waals surface area contributed by atoms with E-state index < -0.39 is 0 Å². The van der Waals surface area contributed by atoms with E-state index in [1.807, 2.05) is 39.2 Å². The van der Waals surface area contributed by atoms with Gasteiger partial charge in [-0.1, -0.05) is 39.8 Å². The summed E-state index contributed by atoms with van der Waals surface area (Å²) in [6.07, 6.45) is 7.14. The van der Waals surface area contributed by atoms with Gasteiger partial charge in [-0.05, 0) is 67.0 Å². The van der Waals surface area contributed by atoms with Crippen LogP contribution in [0.2, 0.25) is 0 Å². The summed E-state index contributed by atoms with van der Waals surface area (Å²) in [7, 11) is 0. The quantitative estimate of drug-likeness (QED) is 0.433. The van der Waals surface area contributed by atoms with Crippen LogP contribution in [0.15, 0.2) is 59.8 Å². The van der Waals surface area contributed by atoms with E-state index in [4.69, 9.17) is 4.98 Å². The zero-order valence-corrected chi connectivity index (χ0v) is 18.1. The van der Waals surface area contributed by atoms with E-state index in [2.05, 4.69) is 61.5 Å². The van der Waals surface area contributed by atoms with Crippen LogP contribution in [0.25, 0.3) is 22.4 Å². The van der Waals surface area contributed by atoms with E-state index in [0.717, 1.165) is 23.4 Å². The molecule has 1 aromatic carbocycles. The Hall–Kier alpha value is -2.13. The number of thioether (sulfide) groups is 1. The smallest absolute Gasteiger partial charge is 0.0795 e. The monoisotopic (exact) mass is 378 g/mol. The molecule has 3 aromatic rings. The lowest BCUT2D eigenvalue weighted by Gasteiger charge is -2.15. The highest BCUT2D eigenvalue weighted by atomic mass is 32.2. The molecule has 27 heavy (non-hydrogen) atoms. The van der Waals surface area contributed by atoms with Crippen molar-refractivity contribution in [2.45, 2.75) is 51.9 Å². The summed E-state index contributed by atoms with van der Waals surface area (Å²) < 4.78 is 0. The molecule has 0 spiro atoms. The fraction of sp³-hybridized carbons (Fsp3) is 0.333. The average Bonchev–Trinajstić information content (AvgIpc) is 2.75. The van der Waals surface area contributed by atoms with Gasteiger partial charge in [-0.2, -0.15) is 0 Å². The van der Waals surface area contributed by atoms with Gasteiger partial charge in [0.2, 0.25) is 0 Å². The SMILES string of the molecule is CC.CCC(C)c1cnc(-c2ccc(C)nc2)c(-c2ccc(SC)cc2)c1. The molecule has 1 atom stereocenters. The Kier molecular flexibility index (Phi) is 8.05. The summed E-state index contributed by atoms with van der Waals surface area (Å²) >= 11 is 1.76. The van der Waals surface area contributed by atoms with E-state index in [0.29, 0.717) is 5.92 Å². The lowest BCUT2D eigenvalue weighted by Crippen LogP contribution is -1.97. The summed E-state index contributed by atoms with van der Waals surface area (Å²) in [5.74, 6) is 0.502. The average molecular weight is 379 g/mol. The van der Waals surface area contributed by atoms with E-state index in [1.54, 1.807) is 11.8 Å². The molecule has 0 amide bonds. The van der Waals surface area contributed by atoms with E-state index >= 15 is 0 Å². The van der Waals surface area contributed by atoms with Crippen molar-refractivity contribution in [1.82, 2.24) is 9.97 Å². The molecule has 0 saturated carbocycles. The van der Waals surface area contributed by atoms with E-state index in [1.165, 1.54) is 21.6 Å². The first-order valence-corrected chi connectivity index (χ1v) is 10.9. The first kappa shape index (κ1) is 21.2. The highest BCUT2D eigenvalue weighted by molar-refractivity contribution is 7.98. The van der Waals surface area contributed by atoms with Crippen LogP contribution in [0.3, 0.4) is 0 Å². The second-order valence-corrected chi connectivity index (χ2v) is 7.27. The zero-order valence-electron chi connectivity index (χ0n) is 17.3. The molecular formula is C24H30N2S. The third-order valence-corrected chi connectivity index (χ3v) is 5.42. The van der Waals surface area contributed by atoms with Crippen LogP contribution >= 0.6 is 11.8 Å². The first-order chi connectivity index (χ1) is 13.1. The molecular weight excluding hydrogens is 348 g/mol. The minimum atomic E-state index is 0.502. The van der Waals surface area contributed by atoms with Gasteiger partial charge in [-0.3, -0.25) is 9.97 Å². The maximum Gasteiger partial charge on any atom is 0.0795 e. The first-order valence-electron chi connectivity index (χ1n) is 9.69. The van der Waals surface area contributed by atoms with Gasteiger partial charge >= 0.3 is 0 Å². The summed E-state index contributed by atoms with van der Waals surface area (Å²) in [6.45, 7) is 10.5. The molecule has 3 rings (SSSR count). The number of aryl methyl sites for hydroxylation is 1. The lowest BCUT2D eigenvalue weighted by atomic mass is 9.93. The predicted molar refractivity (Wildman–Crippen MR) is 119 cm³/mol. The number of hydrogen-bond acceptors (Lipinski definition) is 3. The highest BCUT2D eigenvalue weighted by Gasteiger charge is 2.13. The third-order valence-electron chi connectivity index (χ3n) is 4.68. The molecule has 1 unspecified atom stereocenters. The third kappa shape index (κ3) is 5.20. The molecule has 0 saturated heterocycles. The molecule has 0 aliphatic heterocycles. The summed E-state index contributed by atoms with van der Waals surface area (Å²) in [5.41, 5.74) is 6.74. The summed E-state index contributed by atoms with van der Waals surface area (Å²) in [5, 5.41) is 0. The van der Waals surface area contributed by atoms with Crippen LogP contribution in [0.4, 0.5) is 0 Å². The van der Waals surface area contributed by atoms with Crippen molar-refractivity contribution in [2.24, 2.45) is 0 Å². The number of rotatable bonds is 5. The second kappa shape index (κ2) is 10.3. The standard InChI is InChI=1S/C22H24N2S.C2H6/c1-5-15(2)19-12-21(17-8-10-20(25-4)11-9-17)22(24-14-19)18-7-6-16(3)23-13-18;1-2/h6-15H,5H2,1-4H3;1-2H3. The summed E-state index contributed by atoms with van der Waals surface area (Å²) in [6, 6.07) is 15.2. The molecule has 0 aliphatic carbocycles. The fourth-order valence-corrected chi connectivity index (χ4v) is 3.22. The van der Waals surface area contributed by atoms with Crippen LogP contribution in [-0.4, -0.2) is 16.2 Å². The number of benzene rings is 1. The Bertz CT molecular complexity index is 839. The predicted octanol–water partition coefficient (Wildman–Crippen LogP) is 7.38. The van der Waals surface area contributed by atoms with Gasteiger partial charge in [-0.25, -0.2) is 0 Å². The number of nitrogens with zero attached hydrogens (tertiary/aromatic N) is 2. The van der Waals surface area contributed by atoms with Gasteiger partial charge in [0.15, 0.2) is 0 Å². The molecule has 2 heterocycles. The van der Waals surface area contributed by atoms with Gasteiger partial charge in [-0.15, -0.1) is 11.8 Å². The second-order valence-electron chi connectivity index (χ2n) is 6.39. The van der Waals surface area contributed by atoms with Crippen LogP contribution in [0.5, 0.6) is 0 Å². The fourth-order valence-electron chi connectivity index (χ4n) is 2.81. The number of aromatic nitrogens is 2. The normalized spacial score (nSPS) is 11.5. The van der Waals surface area contributed by atoms with Crippen LogP contribution in [0, 0.1) is 6.92 Å². The molecule has 0 fully saturated rings. The molecule has 0 bridgehead atoms. The van der Waals surface area contributed by atoms with Crippen molar-refractivity contribution >= 4 is 11.8 Å². The molecule has 3 heteroatoms. The van der Waals surface area contributed by atoms with Gasteiger partial charge in [0.05, 0.1) is 5.69 Å². The summed E-state index contributed by atoms with van der Waals surface area (Å²) in [4.78, 5) is 10.5. The van der Waals surface area contributed by atoms with Crippen LogP contribution in [0.1, 0.15) is 51.3 Å². The number of hydrogen-bond donors (Lipinski definition) is 0. The Labute approximate surface area is 168 Å². The van der Waals surface area contributed by atoms with Gasteiger partial charge < -0.3 is 0 Å². The van der Waals surface area contributed by atoms with Gasteiger partial charge in [0.1, 0.15) is 0 Å². The molecule has 0 aliphatic rings. The topological polar surface area (TPSA) is 25.8 Å². The van der Waals surface area contributed by atoms with Crippen molar-refractivity contribution in [3.8, 4) is 22.4 Å². The largest absolute Gasteiger partial charge is 0.261 e. The van der Waals surface area contributed by atoms with Crippen LogP contribution in [-0.2, 0) is 0 Å². The van der Waals surface area contributed by atoms with Crippen molar-refractivity contribution in [2.75, 3.05) is 6.26 Å². The van der Waals surface area contributed by atoms with E-state index in [-0.39, 0.29) is 0 Å². The molecule has 0 radical (unpaired) electrons. The Morgan fingerprint density at radius 2 is 1.59 bits per heavy atom. The van der Waals surface area contributed by atoms with Crippen molar-refractivity contribution in [3.05, 3.63) is 66.1 Å². The molecule has 2 aromatic heterocycles. The Morgan fingerprint density at radius 1 is 0.926 bits per heavy atom. The lowest BCUT2D eigenvalue weighted by molar-refractivity contribution is 0.730.